The van der Waals surface area contributed by atoms with Crippen LogP contribution >= 0.6 is 23.7 Å². The number of ether oxygens (including phenoxy) is 1. The van der Waals surface area contributed by atoms with Gasteiger partial charge in [0.15, 0.2) is 0 Å². The Morgan fingerprint density at radius 1 is 1.50 bits per heavy atom. The van der Waals surface area contributed by atoms with Crippen molar-refractivity contribution in [2.45, 2.75) is 31.8 Å². The summed E-state index contributed by atoms with van der Waals surface area (Å²) in [4.78, 5) is 15.7. The van der Waals surface area contributed by atoms with Crippen molar-refractivity contribution in [1.29, 1.82) is 0 Å². The first-order chi connectivity index (χ1) is 10.2. The number of carbonyl (C=O) groups excluding carboxylic acids is 1. The van der Waals surface area contributed by atoms with E-state index in [4.69, 9.17) is 10.5 Å². The Labute approximate surface area is 142 Å². The van der Waals surface area contributed by atoms with Crippen molar-refractivity contribution < 1.29 is 9.53 Å². The smallest absolute Gasteiger partial charge is 0.236 e. The highest BCUT2D eigenvalue weighted by atomic mass is 35.5. The monoisotopic (exact) mass is 347 g/mol. The van der Waals surface area contributed by atoms with Gasteiger partial charge in [0, 0.05) is 24.5 Å². The molecule has 22 heavy (non-hydrogen) atoms. The molecular formula is C15H26ClN3O2S. The first kappa shape index (κ1) is 19.4. The molecular weight excluding hydrogens is 322 g/mol. The van der Waals surface area contributed by atoms with E-state index < -0.39 is 6.04 Å². The van der Waals surface area contributed by atoms with Crippen molar-refractivity contribution in [2.24, 2.45) is 5.73 Å². The van der Waals surface area contributed by atoms with Crippen molar-refractivity contribution in [1.82, 2.24) is 10.2 Å². The van der Waals surface area contributed by atoms with Gasteiger partial charge in [0.05, 0.1) is 25.3 Å². The van der Waals surface area contributed by atoms with E-state index in [1.165, 1.54) is 4.88 Å². The van der Waals surface area contributed by atoms with E-state index in [0.717, 1.165) is 39.1 Å². The van der Waals surface area contributed by atoms with Crippen LogP contribution in [0.5, 0.6) is 0 Å². The summed E-state index contributed by atoms with van der Waals surface area (Å²) in [6.45, 7) is 5.96. The number of nitrogens with one attached hydrogen (secondary N) is 1. The lowest BCUT2D eigenvalue weighted by atomic mass is 10.1. The minimum Gasteiger partial charge on any atom is -0.379 e. The summed E-state index contributed by atoms with van der Waals surface area (Å²) in [7, 11) is 0. The SMILES string of the molecule is CCCC(N)C(=O)NCC(c1cccs1)N1CCOCC1.Cl. The lowest BCUT2D eigenvalue weighted by Crippen LogP contribution is -2.47. The fraction of sp³-hybridized carbons (Fsp3) is 0.667. The average Bonchev–Trinajstić information content (AvgIpc) is 3.03. The maximum absolute atomic E-state index is 12.0. The first-order valence-electron chi connectivity index (χ1n) is 7.61. The molecule has 2 heterocycles. The van der Waals surface area contributed by atoms with Crippen LogP contribution in [0.3, 0.4) is 0 Å². The van der Waals surface area contributed by atoms with E-state index in [1.807, 2.05) is 6.92 Å². The Hall–Kier alpha value is -0.660. The number of thiophene rings is 1. The molecule has 2 rings (SSSR count). The molecule has 1 saturated heterocycles. The predicted octanol–water partition coefficient (Wildman–Crippen LogP) is 1.79. The van der Waals surface area contributed by atoms with Gasteiger partial charge in [0.2, 0.25) is 5.91 Å². The van der Waals surface area contributed by atoms with Gasteiger partial charge in [0.1, 0.15) is 0 Å². The van der Waals surface area contributed by atoms with Crippen molar-refractivity contribution in [3.8, 4) is 0 Å². The molecule has 1 aromatic heterocycles. The molecule has 5 nitrogen and oxygen atoms in total. The molecule has 0 aliphatic carbocycles. The lowest BCUT2D eigenvalue weighted by molar-refractivity contribution is -0.122. The molecule has 1 amide bonds. The standard InChI is InChI=1S/C15H25N3O2S.ClH/c1-2-4-12(16)15(19)17-11-13(14-5-3-10-21-14)18-6-8-20-9-7-18;/h3,5,10,12-13H,2,4,6-9,11,16H2,1H3,(H,17,19);1H. The molecule has 0 bridgehead atoms. The topological polar surface area (TPSA) is 67.6 Å². The highest BCUT2D eigenvalue weighted by Gasteiger charge is 2.24. The molecule has 0 saturated carbocycles. The van der Waals surface area contributed by atoms with Crippen LogP contribution in [0.4, 0.5) is 0 Å². The lowest BCUT2D eigenvalue weighted by Gasteiger charge is -2.34. The quantitative estimate of drug-likeness (QED) is 0.789. The maximum Gasteiger partial charge on any atom is 0.236 e. The number of rotatable bonds is 7. The van der Waals surface area contributed by atoms with Crippen LogP contribution in [0.15, 0.2) is 17.5 Å². The predicted molar refractivity (Wildman–Crippen MR) is 92.6 cm³/mol. The van der Waals surface area contributed by atoms with Gasteiger partial charge in [-0.15, -0.1) is 23.7 Å². The third kappa shape index (κ3) is 5.52. The van der Waals surface area contributed by atoms with Gasteiger partial charge in [-0.2, -0.15) is 0 Å². The highest BCUT2D eigenvalue weighted by molar-refractivity contribution is 7.10. The Kier molecular flexibility index (Phi) is 8.97. The average molecular weight is 348 g/mol. The minimum absolute atomic E-state index is 0. The van der Waals surface area contributed by atoms with Crippen molar-refractivity contribution >= 4 is 29.7 Å². The van der Waals surface area contributed by atoms with Gasteiger partial charge >= 0.3 is 0 Å². The number of hydrogen-bond donors (Lipinski definition) is 2. The Morgan fingerprint density at radius 3 is 2.82 bits per heavy atom. The van der Waals surface area contributed by atoms with Crippen LogP contribution < -0.4 is 11.1 Å². The van der Waals surface area contributed by atoms with Crippen LogP contribution in [0.2, 0.25) is 0 Å². The van der Waals surface area contributed by atoms with Crippen molar-refractivity contribution in [2.75, 3.05) is 32.8 Å². The second-order valence-electron chi connectivity index (χ2n) is 5.32. The van der Waals surface area contributed by atoms with E-state index in [0.29, 0.717) is 6.54 Å². The first-order valence-corrected chi connectivity index (χ1v) is 8.48. The Balaban J connectivity index is 0.00000242. The fourth-order valence-electron chi connectivity index (χ4n) is 2.55. The van der Waals surface area contributed by atoms with E-state index in [9.17, 15) is 4.79 Å². The summed E-state index contributed by atoms with van der Waals surface area (Å²) in [5, 5.41) is 5.09. The second-order valence-corrected chi connectivity index (χ2v) is 6.30. The highest BCUT2D eigenvalue weighted by Crippen LogP contribution is 2.25. The molecule has 1 aliphatic heterocycles. The van der Waals surface area contributed by atoms with E-state index in [2.05, 4.69) is 27.7 Å². The summed E-state index contributed by atoms with van der Waals surface area (Å²) in [5.74, 6) is -0.0494. The summed E-state index contributed by atoms with van der Waals surface area (Å²) in [6, 6.07) is 4.00. The molecule has 7 heteroatoms. The Morgan fingerprint density at radius 2 is 2.23 bits per heavy atom. The number of hydrogen-bond acceptors (Lipinski definition) is 5. The van der Waals surface area contributed by atoms with Gasteiger partial charge in [0.25, 0.3) is 0 Å². The number of carbonyl (C=O) groups is 1. The van der Waals surface area contributed by atoms with Gasteiger partial charge < -0.3 is 15.8 Å². The molecule has 1 aromatic rings. The molecule has 0 aromatic carbocycles. The Bertz CT molecular complexity index is 424. The van der Waals surface area contributed by atoms with E-state index in [1.54, 1.807) is 11.3 Å². The van der Waals surface area contributed by atoms with Crippen LogP contribution in [0, 0.1) is 0 Å². The third-order valence-corrected chi connectivity index (χ3v) is 4.74. The number of amides is 1. The zero-order valence-electron chi connectivity index (χ0n) is 13.0. The summed E-state index contributed by atoms with van der Waals surface area (Å²) < 4.78 is 5.42. The molecule has 1 fully saturated rings. The molecule has 1 aliphatic rings. The maximum atomic E-state index is 12.0. The zero-order chi connectivity index (χ0) is 15.1. The van der Waals surface area contributed by atoms with Crippen LogP contribution in [0.1, 0.15) is 30.7 Å². The normalized spacial score (nSPS) is 18.3. The van der Waals surface area contributed by atoms with Crippen molar-refractivity contribution in [3.05, 3.63) is 22.4 Å². The number of halogens is 1. The molecule has 126 valence electrons. The molecule has 3 N–H and O–H groups in total. The third-order valence-electron chi connectivity index (χ3n) is 3.76. The van der Waals surface area contributed by atoms with Gasteiger partial charge in [-0.3, -0.25) is 9.69 Å². The molecule has 2 unspecified atom stereocenters. The number of morpholine rings is 1. The number of nitrogens with two attached hydrogens (primary N) is 1. The van der Waals surface area contributed by atoms with Gasteiger partial charge in [-0.05, 0) is 17.9 Å². The second kappa shape index (κ2) is 10.2. The van der Waals surface area contributed by atoms with Crippen LogP contribution in [-0.4, -0.2) is 49.7 Å². The largest absolute Gasteiger partial charge is 0.379 e. The van der Waals surface area contributed by atoms with Crippen molar-refractivity contribution in [3.63, 3.8) is 0 Å². The molecule has 2 atom stereocenters. The molecule has 0 spiro atoms. The summed E-state index contributed by atoms with van der Waals surface area (Å²) in [6.07, 6.45) is 1.65. The minimum atomic E-state index is -0.399. The van der Waals surface area contributed by atoms with E-state index in [-0.39, 0.29) is 24.4 Å². The summed E-state index contributed by atoms with van der Waals surface area (Å²) >= 11 is 1.73. The zero-order valence-corrected chi connectivity index (χ0v) is 14.6. The molecule has 0 radical (unpaired) electrons. The summed E-state index contributed by atoms with van der Waals surface area (Å²) in [5.41, 5.74) is 5.87. The number of nitrogens with zero attached hydrogens (tertiary/aromatic N) is 1. The van der Waals surface area contributed by atoms with Crippen LogP contribution in [0.25, 0.3) is 0 Å². The van der Waals surface area contributed by atoms with Crippen LogP contribution in [-0.2, 0) is 9.53 Å². The van der Waals surface area contributed by atoms with Gasteiger partial charge in [-0.25, -0.2) is 0 Å². The van der Waals surface area contributed by atoms with E-state index >= 15 is 0 Å². The fourth-order valence-corrected chi connectivity index (χ4v) is 3.41. The van der Waals surface area contributed by atoms with Gasteiger partial charge in [-0.1, -0.05) is 19.4 Å².